The Bertz CT molecular complexity index is 1460. The van der Waals surface area contributed by atoms with Crippen molar-refractivity contribution in [3.05, 3.63) is 83.9 Å². The molecular weight excluding hydrogens is 583 g/mol. The number of hydrogen-bond acceptors (Lipinski definition) is 6. The van der Waals surface area contributed by atoms with Crippen LogP contribution in [0.25, 0.3) is 0 Å². The number of amides is 2. The molecule has 0 saturated carbocycles. The molecule has 0 heterocycles. The topological polar surface area (TPSA) is 96.0 Å². The summed E-state index contributed by atoms with van der Waals surface area (Å²) in [6.45, 7) is 9.48. The summed E-state index contributed by atoms with van der Waals surface area (Å²) in [6, 6.07) is 20.2. The summed E-state index contributed by atoms with van der Waals surface area (Å²) in [5.41, 5.74) is 2.16. The number of ether oxygens (including phenoxy) is 1. The van der Waals surface area contributed by atoms with Crippen molar-refractivity contribution in [2.75, 3.05) is 23.7 Å². The summed E-state index contributed by atoms with van der Waals surface area (Å²) in [6.07, 6.45) is 3.01. The molecule has 3 rings (SSSR count). The van der Waals surface area contributed by atoms with Gasteiger partial charge in [-0.1, -0.05) is 55.8 Å². The van der Waals surface area contributed by atoms with Gasteiger partial charge in [-0.3, -0.25) is 13.9 Å². The Balaban J connectivity index is 2.11. The Labute approximate surface area is 260 Å². The van der Waals surface area contributed by atoms with E-state index in [9.17, 15) is 18.0 Å². The van der Waals surface area contributed by atoms with Gasteiger partial charge >= 0.3 is 0 Å². The fraction of sp³-hybridized carbons (Fsp3) is 0.394. The minimum absolute atomic E-state index is 0.0519. The van der Waals surface area contributed by atoms with Crippen LogP contribution in [0.5, 0.6) is 5.75 Å². The first kappa shape index (κ1) is 34.0. The molecule has 43 heavy (non-hydrogen) atoms. The lowest BCUT2D eigenvalue weighted by Gasteiger charge is -2.34. The molecule has 0 aromatic heterocycles. The molecule has 1 N–H and O–H groups in total. The minimum Gasteiger partial charge on any atom is -0.492 e. The Morgan fingerprint density at radius 3 is 2.16 bits per heavy atom. The van der Waals surface area contributed by atoms with E-state index in [0.717, 1.165) is 26.7 Å². The minimum atomic E-state index is -4.21. The molecule has 232 valence electrons. The highest BCUT2D eigenvalue weighted by atomic mass is 32.2. The average Bonchev–Trinajstić information content (AvgIpc) is 3.01. The summed E-state index contributed by atoms with van der Waals surface area (Å²) in [4.78, 5) is 30.2. The third-order valence-corrected chi connectivity index (χ3v) is 9.74. The van der Waals surface area contributed by atoms with Crippen molar-refractivity contribution >= 4 is 39.3 Å². The zero-order chi connectivity index (χ0) is 31.6. The number of nitrogens with one attached hydrogen (secondary N) is 1. The van der Waals surface area contributed by atoms with Crippen LogP contribution in [-0.4, -0.2) is 56.6 Å². The number of carbonyl (C=O) groups excluding carboxylic acids is 2. The van der Waals surface area contributed by atoms with Crippen LogP contribution in [0.4, 0.5) is 5.69 Å². The van der Waals surface area contributed by atoms with Gasteiger partial charge in [0.15, 0.2) is 0 Å². The quantitative estimate of drug-likeness (QED) is 0.207. The second-order valence-corrected chi connectivity index (χ2v) is 13.1. The van der Waals surface area contributed by atoms with Gasteiger partial charge in [-0.15, -0.1) is 11.8 Å². The Kier molecular flexibility index (Phi) is 12.5. The van der Waals surface area contributed by atoms with E-state index in [0.29, 0.717) is 18.8 Å². The highest BCUT2D eigenvalue weighted by Crippen LogP contribution is 2.33. The van der Waals surface area contributed by atoms with Gasteiger partial charge in [0.2, 0.25) is 11.8 Å². The average molecular weight is 626 g/mol. The van der Waals surface area contributed by atoms with Gasteiger partial charge < -0.3 is 15.0 Å². The van der Waals surface area contributed by atoms with Gasteiger partial charge in [-0.25, -0.2) is 8.42 Å². The van der Waals surface area contributed by atoms with Crippen LogP contribution in [0.3, 0.4) is 0 Å². The Morgan fingerprint density at radius 1 is 0.930 bits per heavy atom. The summed E-state index contributed by atoms with van der Waals surface area (Å²) < 4.78 is 35.3. The number of nitrogens with zero attached hydrogens (tertiary/aromatic N) is 2. The molecule has 0 aliphatic rings. The summed E-state index contributed by atoms with van der Waals surface area (Å²) in [7, 11) is -4.21. The third-order valence-electron chi connectivity index (χ3n) is 7.22. The van der Waals surface area contributed by atoms with E-state index >= 15 is 0 Å². The number of anilines is 1. The fourth-order valence-corrected chi connectivity index (χ4v) is 6.41. The van der Waals surface area contributed by atoms with Crippen LogP contribution >= 0.6 is 11.8 Å². The van der Waals surface area contributed by atoms with Gasteiger partial charge in [0.1, 0.15) is 18.3 Å². The number of carbonyl (C=O) groups is 2. The van der Waals surface area contributed by atoms with Crippen LogP contribution in [0.2, 0.25) is 0 Å². The van der Waals surface area contributed by atoms with E-state index < -0.39 is 28.5 Å². The molecule has 2 amide bonds. The van der Waals surface area contributed by atoms with E-state index in [4.69, 9.17) is 4.74 Å². The highest BCUT2D eigenvalue weighted by Gasteiger charge is 2.35. The van der Waals surface area contributed by atoms with Crippen molar-refractivity contribution in [1.82, 2.24) is 10.2 Å². The van der Waals surface area contributed by atoms with E-state index in [1.165, 1.54) is 16.7 Å². The zero-order valence-electron chi connectivity index (χ0n) is 25.9. The predicted octanol–water partition coefficient (Wildman–Crippen LogP) is 6.03. The van der Waals surface area contributed by atoms with Gasteiger partial charge in [0.25, 0.3) is 10.0 Å². The summed E-state index contributed by atoms with van der Waals surface area (Å²) in [5.74, 6) is -0.426. The molecule has 3 aromatic rings. The normalized spacial score (nSPS) is 12.7. The maximum atomic E-state index is 14.3. The van der Waals surface area contributed by atoms with Crippen molar-refractivity contribution in [1.29, 1.82) is 0 Å². The van der Waals surface area contributed by atoms with Crippen LogP contribution in [-0.2, 0) is 26.2 Å². The smallest absolute Gasteiger partial charge is 0.264 e. The number of sulfonamides is 1. The lowest BCUT2D eigenvalue weighted by atomic mass is 10.1. The molecule has 2 atom stereocenters. The molecule has 0 unspecified atom stereocenters. The number of rotatable bonds is 15. The van der Waals surface area contributed by atoms with E-state index in [1.54, 1.807) is 48.5 Å². The third kappa shape index (κ3) is 8.76. The van der Waals surface area contributed by atoms with E-state index in [2.05, 4.69) is 5.32 Å². The number of para-hydroxylation sites is 2. The van der Waals surface area contributed by atoms with Gasteiger partial charge in [-0.2, -0.15) is 0 Å². The second-order valence-electron chi connectivity index (χ2n) is 10.3. The molecule has 3 aromatic carbocycles. The maximum absolute atomic E-state index is 14.3. The molecule has 0 spiro atoms. The second kappa shape index (κ2) is 15.8. The molecular formula is C33H43N3O5S2. The van der Waals surface area contributed by atoms with Crippen LogP contribution in [0.15, 0.2) is 82.6 Å². The first-order valence-corrected chi connectivity index (χ1v) is 17.3. The van der Waals surface area contributed by atoms with Crippen molar-refractivity contribution in [2.24, 2.45) is 0 Å². The molecule has 0 bridgehead atoms. The van der Waals surface area contributed by atoms with Crippen molar-refractivity contribution in [3.63, 3.8) is 0 Å². The van der Waals surface area contributed by atoms with E-state index in [1.807, 2.05) is 65.1 Å². The first-order valence-electron chi connectivity index (χ1n) is 14.6. The molecule has 10 heteroatoms. The SMILES string of the molecule is CCOc1ccccc1N(CC(=O)N(Cc1ccc(C)cc1)[C@@H](CC)C(=O)N[C@H](C)CC)S(=O)(=O)c1ccc(SC)cc1. The van der Waals surface area contributed by atoms with Gasteiger partial charge in [0.05, 0.1) is 17.2 Å². The summed E-state index contributed by atoms with van der Waals surface area (Å²) in [5, 5.41) is 3.00. The zero-order valence-corrected chi connectivity index (χ0v) is 27.5. The van der Waals surface area contributed by atoms with Crippen LogP contribution in [0, 0.1) is 6.92 Å². The number of thioether (sulfide) groups is 1. The van der Waals surface area contributed by atoms with Crippen molar-refractivity contribution in [3.8, 4) is 5.75 Å². The Hall–Kier alpha value is -3.50. The van der Waals surface area contributed by atoms with Gasteiger partial charge in [0, 0.05) is 17.5 Å². The molecule has 0 fully saturated rings. The van der Waals surface area contributed by atoms with E-state index in [-0.39, 0.29) is 29.1 Å². The highest BCUT2D eigenvalue weighted by molar-refractivity contribution is 7.98. The first-order chi connectivity index (χ1) is 20.5. The summed E-state index contributed by atoms with van der Waals surface area (Å²) >= 11 is 1.51. The largest absolute Gasteiger partial charge is 0.492 e. The standard InChI is InChI=1S/C33H43N3O5S2/c1-7-25(5)34-33(38)29(8-2)35(22-26-16-14-24(4)15-17-26)32(37)23-36(30-12-10-11-13-31(30)41-9-3)43(39,40)28-20-18-27(42-6)19-21-28/h10-21,25,29H,7-9,22-23H2,1-6H3,(H,34,38)/t25-,29+/m1/s1. The van der Waals surface area contributed by atoms with Gasteiger partial charge in [-0.05, 0) is 81.8 Å². The maximum Gasteiger partial charge on any atom is 0.264 e. The van der Waals surface area contributed by atoms with Crippen molar-refractivity contribution in [2.45, 2.75) is 75.9 Å². The van der Waals surface area contributed by atoms with Crippen molar-refractivity contribution < 1.29 is 22.7 Å². The molecule has 0 aliphatic carbocycles. The number of hydrogen-bond donors (Lipinski definition) is 1. The fourth-order valence-electron chi connectivity index (χ4n) is 4.58. The molecule has 8 nitrogen and oxygen atoms in total. The van der Waals surface area contributed by atoms with Crippen LogP contribution in [0.1, 0.15) is 51.7 Å². The number of benzene rings is 3. The monoisotopic (exact) mass is 625 g/mol. The lowest BCUT2D eigenvalue weighted by Crippen LogP contribution is -2.53. The number of aryl methyl sites for hydroxylation is 1. The lowest BCUT2D eigenvalue weighted by molar-refractivity contribution is -0.140. The Morgan fingerprint density at radius 2 is 1.58 bits per heavy atom. The van der Waals surface area contributed by atoms with Crippen LogP contribution < -0.4 is 14.4 Å². The predicted molar refractivity (Wildman–Crippen MR) is 174 cm³/mol. The molecule has 0 radical (unpaired) electrons. The molecule has 0 saturated heterocycles. The molecule has 0 aliphatic heterocycles.